The molecule has 4 heteroatoms. The largest absolute Gasteiger partial charge is 0.481 e. The van der Waals surface area contributed by atoms with Gasteiger partial charge in [0.1, 0.15) is 18.1 Å². The Hall–Kier alpha value is -2.22. The normalized spacial score (nSPS) is 12.1. The Balaban J connectivity index is 1.94. The number of para-hydroxylation sites is 1. The molecule has 0 amide bonds. The average Bonchev–Trinajstić information content (AvgIpc) is 3.04. The lowest BCUT2D eigenvalue weighted by atomic mass is 10.1. The molecular formula is C18H22N2O2. The lowest BCUT2D eigenvalue weighted by Gasteiger charge is -2.23. The van der Waals surface area contributed by atoms with E-state index in [-0.39, 0.29) is 12.6 Å². The van der Waals surface area contributed by atoms with Crippen molar-refractivity contribution in [2.45, 2.75) is 12.6 Å². The van der Waals surface area contributed by atoms with Crippen molar-refractivity contribution >= 4 is 0 Å². The van der Waals surface area contributed by atoms with Gasteiger partial charge in [-0.25, -0.2) is 0 Å². The minimum atomic E-state index is 0.189. The van der Waals surface area contributed by atoms with Gasteiger partial charge in [-0.3, -0.25) is 4.90 Å². The number of furan rings is 1. The summed E-state index contributed by atoms with van der Waals surface area (Å²) in [6.07, 6.45) is 6.95. The summed E-state index contributed by atoms with van der Waals surface area (Å²) < 4.78 is 11.1. The molecule has 0 spiro atoms. The van der Waals surface area contributed by atoms with Gasteiger partial charge in [0.25, 0.3) is 0 Å². The van der Waals surface area contributed by atoms with E-state index < -0.39 is 0 Å². The van der Waals surface area contributed by atoms with Gasteiger partial charge in [0.15, 0.2) is 0 Å². The minimum absolute atomic E-state index is 0.189. The van der Waals surface area contributed by atoms with E-state index in [0.29, 0.717) is 6.54 Å². The smallest absolute Gasteiger partial charge is 0.148 e. The SMILES string of the molecule is C#CCOc1ccccc1CNCC(c1ccco1)N(C)C. The van der Waals surface area contributed by atoms with Gasteiger partial charge in [0, 0.05) is 18.7 Å². The number of terminal acetylenes is 1. The summed E-state index contributed by atoms with van der Waals surface area (Å²) in [5.41, 5.74) is 1.09. The fraction of sp³-hybridized carbons (Fsp3) is 0.333. The van der Waals surface area contributed by atoms with Crippen LogP contribution in [0.25, 0.3) is 0 Å². The standard InChI is InChI=1S/C18H22N2O2/c1-4-11-21-17-9-6-5-8-15(17)13-19-14-16(20(2)3)18-10-7-12-22-18/h1,5-10,12,16,19H,11,13-14H2,2-3H3. The van der Waals surface area contributed by atoms with Crippen molar-refractivity contribution < 1.29 is 9.15 Å². The number of rotatable bonds is 8. The molecule has 2 rings (SSSR count). The van der Waals surface area contributed by atoms with Gasteiger partial charge in [-0.2, -0.15) is 0 Å². The van der Waals surface area contributed by atoms with Gasteiger partial charge < -0.3 is 14.5 Å². The molecular weight excluding hydrogens is 276 g/mol. The molecule has 116 valence electrons. The molecule has 22 heavy (non-hydrogen) atoms. The third-order valence-electron chi connectivity index (χ3n) is 3.43. The monoisotopic (exact) mass is 298 g/mol. The van der Waals surface area contributed by atoms with E-state index in [1.807, 2.05) is 50.5 Å². The Morgan fingerprint density at radius 2 is 2.09 bits per heavy atom. The Kier molecular flexibility index (Phi) is 6.08. The van der Waals surface area contributed by atoms with Gasteiger partial charge in [-0.1, -0.05) is 24.1 Å². The number of nitrogens with one attached hydrogen (secondary N) is 1. The second-order valence-corrected chi connectivity index (χ2v) is 5.23. The fourth-order valence-corrected chi connectivity index (χ4v) is 2.27. The summed E-state index contributed by atoms with van der Waals surface area (Å²) in [6, 6.07) is 12.0. The van der Waals surface area contributed by atoms with Crippen LogP contribution in [0.3, 0.4) is 0 Å². The maximum Gasteiger partial charge on any atom is 0.148 e. The molecule has 4 nitrogen and oxygen atoms in total. The number of benzene rings is 1. The molecule has 0 bridgehead atoms. The first-order valence-electron chi connectivity index (χ1n) is 7.27. The Morgan fingerprint density at radius 1 is 1.27 bits per heavy atom. The maximum atomic E-state index is 5.56. The summed E-state index contributed by atoms with van der Waals surface area (Å²) in [6.45, 7) is 1.78. The summed E-state index contributed by atoms with van der Waals surface area (Å²) >= 11 is 0. The maximum absolute atomic E-state index is 5.56. The lowest BCUT2D eigenvalue weighted by Crippen LogP contribution is -2.30. The quantitative estimate of drug-likeness (QED) is 0.760. The van der Waals surface area contributed by atoms with E-state index in [9.17, 15) is 0 Å². The van der Waals surface area contributed by atoms with Crippen LogP contribution in [0, 0.1) is 12.3 Å². The van der Waals surface area contributed by atoms with Crippen LogP contribution in [0.15, 0.2) is 47.1 Å². The second kappa shape index (κ2) is 8.28. The van der Waals surface area contributed by atoms with Crippen molar-refractivity contribution in [1.29, 1.82) is 0 Å². The summed E-state index contributed by atoms with van der Waals surface area (Å²) in [7, 11) is 4.08. The first-order valence-corrected chi connectivity index (χ1v) is 7.27. The minimum Gasteiger partial charge on any atom is -0.481 e. The molecule has 1 unspecified atom stereocenters. The molecule has 2 aromatic rings. The van der Waals surface area contributed by atoms with Crippen molar-refractivity contribution in [2.75, 3.05) is 27.2 Å². The molecule has 0 fully saturated rings. The Labute approximate surface area is 132 Å². The van der Waals surface area contributed by atoms with Gasteiger partial charge in [-0.05, 0) is 32.3 Å². The number of nitrogens with zero attached hydrogens (tertiary/aromatic N) is 1. The molecule has 0 aliphatic carbocycles. The van der Waals surface area contributed by atoms with E-state index in [0.717, 1.165) is 23.6 Å². The number of likely N-dealkylation sites (N-methyl/N-ethyl adjacent to an activating group) is 1. The van der Waals surface area contributed by atoms with Crippen LogP contribution in [-0.4, -0.2) is 32.1 Å². The highest BCUT2D eigenvalue weighted by Crippen LogP contribution is 2.20. The van der Waals surface area contributed by atoms with E-state index >= 15 is 0 Å². The molecule has 1 N–H and O–H groups in total. The second-order valence-electron chi connectivity index (χ2n) is 5.23. The Bertz CT molecular complexity index is 600. The summed E-state index contributed by atoms with van der Waals surface area (Å²) in [5, 5.41) is 3.45. The van der Waals surface area contributed by atoms with Gasteiger partial charge in [0.05, 0.1) is 12.3 Å². The summed E-state index contributed by atoms with van der Waals surface area (Å²) in [5.74, 6) is 4.27. The molecule has 1 heterocycles. The van der Waals surface area contributed by atoms with E-state index in [4.69, 9.17) is 15.6 Å². The topological polar surface area (TPSA) is 37.6 Å². The Morgan fingerprint density at radius 3 is 2.77 bits per heavy atom. The zero-order chi connectivity index (χ0) is 15.8. The molecule has 1 aromatic carbocycles. The van der Waals surface area contributed by atoms with Crippen molar-refractivity contribution in [1.82, 2.24) is 10.2 Å². The van der Waals surface area contributed by atoms with Crippen molar-refractivity contribution in [2.24, 2.45) is 0 Å². The van der Waals surface area contributed by atoms with Crippen LogP contribution >= 0.6 is 0 Å². The van der Waals surface area contributed by atoms with Crippen molar-refractivity contribution in [3.63, 3.8) is 0 Å². The first kappa shape index (κ1) is 16.2. The molecule has 1 atom stereocenters. The molecule has 0 radical (unpaired) electrons. The average molecular weight is 298 g/mol. The van der Waals surface area contributed by atoms with Crippen LogP contribution in [-0.2, 0) is 6.54 Å². The summed E-state index contributed by atoms with van der Waals surface area (Å²) in [4.78, 5) is 2.13. The van der Waals surface area contributed by atoms with Crippen LogP contribution in [0.5, 0.6) is 5.75 Å². The number of hydrogen-bond acceptors (Lipinski definition) is 4. The molecule has 1 aromatic heterocycles. The highest BCUT2D eigenvalue weighted by molar-refractivity contribution is 5.33. The highest BCUT2D eigenvalue weighted by atomic mass is 16.5. The van der Waals surface area contributed by atoms with E-state index in [2.05, 4.69) is 16.1 Å². The van der Waals surface area contributed by atoms with Gasteiger partial charge in [-0.15, -0.1) is 6.42 Å². The third-order valence-corrected chi connectivity index (χ3v) is 3.43. The zero-order valence-electron chi connectivity index (χ0n) is 13.1. The van der Waals surface area contributed by atoms with Crippen LogP contribution in [0.4, 0.5) is 0 Å². The predicted molar refractivity (Wildman–Crippen MR) is 87.6 cm³/mol. The molecule has 0 saturated heterocycles. The molecule has 0 saturated carbocycles. The third kappa shape index (κ3) is 4.39. The molecule has 0 aliphatic rings. The van der Waals surface area contributed by atoms with Gasteiger partial charge >= 0.3 is 0 Å². The van der Waals surface area contributed by atoms with E-state index in [1.165, 1.54) is 0 Å². The predicted octanol–water partition coefficient (Wildman–Crippen LogP) is 2.68. The lowest BCUT2D eigenvalue weighted by molar-refractivity contribution is 0.250. The number of ether oxygens (including phenoxy) is 1. The van der Waals surface area contributed by atoms with Crippen LogP contribution < -0.4 is 10.1 Å². The van der Waals surface area contributed by atoms with Crippen molar-refractivity contribution in [3.05, 3.63) is 54.0 Å². The van der Waals surface area contributed by atoms with Crippen LogP contribution in [0.1, 0.15) is 17.4 Å². The van der Waals surface area contributed by atoms with Gasteiger partial charge in [0.2, 0.25) is 0 Å². The fourth-order valence-electron chi connectivity index (χ4n) is 2.27. The molecule has 0 aliphatic heterocycles. The zero-order valence-corrected chi connectivity index (χ0v) is 13.1. The first-order chi connectivity index (χ1) is 10.7. The van der Waals surface area contributed by atoms with E-state index in [1.54, 1.807) is 6.26 Å². The van der Waals surface area contributed by atoms with Crippen LogP contribution in [0.2, 0.25) is 0 Å². The highest BCUT2D eigenvalue weighted by Gasteiger charge is 2.16. The van der Waals surface area contributed by atoms with Crippen molar-refractivity contribution in [3.8, 4) is 18.1 Å². The number of hydrogen-bond donors (Lipinski definition) is 1.